The van der Waals surface area contributed by atoms with Crippen LogP contribution in [-0.2, 0) is 22.3 Å². The fourth-order valence-corrected chi connectivity index (χ4v) is 5.02. The Morgan fingerprint density at radius 3 is 2.46 bits per heavy atom. The van der Waals surface area contributed by atoms with E-state index in [0.29, 0.717) is 40.9 Å². The molecular weight excluding hydrogens is 419 g/mol. The first kappa shape index (κ1) is 21.1. The van der Waals surface area contributed by atoms with Gasteiger partial charge in [-0.1, -0.05) is 47.5 Å². The van der Waals surface area contributed by atoms with Crippen LogP contribution < -0.4 is 5.32 Å². The quantitative estimate of drug-likeness (QED) is 0.731. The van der Waals surface area contributed by atoms with E-state index in [1.165, 1.54) is 0 Å². The molecular formula is C20H22Cl2N2O3S. The van der Waals surface area contributed by atoms with Gasteiger partial charge in [0.25, 0.3) is 0 Å². The number of hydrogen-bond donors (Lipinski definition) is 1. The molecule has 0 aromatic heterocycles. The number of carbonyl (C=O) groups excluding carboxylic acids is 1. The van der Waals surface area contributed by atoms with Gasteiger partial charge in [0, 0.05) is 29.2 Å². The van der Waals surface area contributed by atoms with E-state index in [1.807, 2.05) is 35.5 Å². The van der Waals surface area contributed by atoms with Crippen molar-refractivity contribution < 1.29 is 13.7 Å². The first-order valence-corrected chi connectivity index (χ1v) is 10.9. The predicted molar refractivity (Wildman–Crippen MR) is 112 cm³/mol. The molecule has 1 atom stereocenters. The highest BCUT2D eigenvalue weighted by Crippen LogP contribution is 2.24. The van der Waals surface area contributed by atoms with E-state index < -0.39 is 17.1 Å². The number of rotatable bonds is 5. The molecule has 0 spiro atoms. The fourth-order valence-electron chi connectivity index (χ4n) is 3.07. The summed E-state index contributed by atoms with van der Waals surface area (Å²) in [6.45, 7) is 3.43. The molecule has 28 heavy (non-hydrogen) atoms. The van der Waals surface area contributed by atoms with Crippen molar-refractivity contribution in [2.45, 2.75) is 37.3 Å². The van der Waals surface area contributed by atoms with Crippen LogP contribution in [0.25, 0.3) is 0 Å². The minimum atomic E-state index is -1.33. The summed E-state index contributed by atoms with van der Waals surface area (Å²) in [6, 6.07) is 12.7. The second kappa shape index (κ2) is 9.74. The third-order valence-corrected chi connectivity index (χ3v) is 6.58. The molecule has 1 aliphatic heterocycles. The molecule has 1 amide bonds. The number of carbonyl (C=O) groups is 1. The molecule has 1 unspecified atom stereocenters. The summed E-state index contributed by atoms with van der Waals surface area (Å²) < 4.78 is 19.9. The summed E-state index contributed by atoms with van der Waals surface area (Å²) in [6.07, 6.45) is 0.961. The largest absolute Gasteiger partial charge is 0.445 e. The third-order valence-electron chi connectivity index (χ3n) is 4.67. The van der Waals surface area contributed by atoms with Gasteiger partial charge < -0.3 is 10.1 Å². The summed E-state index contributed by atoms with van der Waals surface area (Å²) in [5.74, 6) is 0. The van der Waals surface area contributed by atoms with Gasteiger partial charge >= 0.3 is 6.09 Å². The normalized spacial score (nSPS) is 16.5. The Balaban J connectivity index is 1.46. The first-order valence-electron chi connectivity index (χ1n) is 9.03. The highest BCUT2D eigenvalue weighted by atomic mass is 35.5. The molecule has 8 heteroatoms. The molecule has 1 N–H and O–H groups in total. The lowest BCUT2D eigenvalue weighted by molar-refractivity contribution is 0.131. The zero-order chi connectivity index (χ0) is 20.1. The molecule has 1 saturated heterocycles. The van der Waals surface area contributed by atoms with Gasteiger partial charge in [0.05, 0.1) is 4.90 Å². The lowest BCUT2D eigenvalue weighted by atomic mass is 10.1. The first-order chi connectivity index (χ1) is 13.4. The van der Waals surface area contributed by atoms with Gasteiger partial charge in [-0.05, 0) is 49.1 Å². The average molecular weight is 441 g/mol. The number of nitrogens with zero attached hydrogens (tertiary/aromatic N) is 1. The molecule has 2 aromatic carbocycles. The Hall–Kier alpha value is -1.60. The van der Waals surface area contributed by atoms with Crippen molar-refractivity contribution in [3.63, 3.8) is 0 Å². The van der Waals surface area contributed by atoms with Crippen molar-refractivity contribution in [2.75, 3.05) is 13.1 Å². The summed E-state index contributed by atoms with van der Waals surface area (Å²) in [7, 11) is -1.33. The zero-order valence-corrected chi connectivity index (χ0v) is 17.8. The maximum atomic E-state index is 12.7. The van der Waals surface area contributed by atoms with Crippen LogP contribution in [-0.4, -0.2) is 33.7 Å². The zero-order valence-electron chi connectivity index (χ0n) is 15.5. The minimum Gasteiger partial charge on any atom is -0.445 e. The van der Waals surface area contributed by atoms with Crippen LogP contribution in [0, 0.1) is 6.92 Å². The molecule has 0 radical (unpaired) electrons. The summed E-state index contributed by atoms with van der Waals surface area (Å²) >= 11 is 12.0. The van der Waals surface area contributed by atoms with Gasteiger partial charge in [0.15, 0.2) is 0 Å². The molecule has 5 nitrogen and oxygen atoms in total. The van der Waals surface area contributed by atoms with Crippen LogP contribution in [0.2, 0.25) is 10.0 Å². The van der Waals surface area contributed by atoms with Gasteiger partial charge in [0.2, 0.25) is 0 Å². The lowest BCUT2D eigenvalue weighted by Gasteiger charge is -2.31. The highest BCUT2D eigenvalue weighted by Gasteiger charge is 2.25. The lowest BCUT2D eigenvalue weighted by Crippen LogP contribution is -2.45. The topological polar surface area (TPSA) is 58.6 Å². The number of halogens is 2. The van der Waals surface area contributed by atoms with E-state index >= 15 is 0 Å². The Labute approximate surface area is 177 Å². The van der Waals surface area contributed by atoms with Crippen LogP contribution in [0.4, 0.5) is 4.79 Å². The van der Waals surface area contributed by atoms with Crippen molar-refractivity contribution in [3.05, 3.63) is 63.6 Å². The van der Waals surface area contributed by atoms with Crippen molar-refractivity contribution >= 4 is 40.3 Å². The van der Waals surface area contributed by atoms with E-state index in [-0.39, 0.29) is 12.6 Å². The molecule has 0 saturated carbocycles. The molecule has 3 rings (SSSR count). The smallest absolute Gasteiger partial charge is 0.407 e. The number of hydrogen-bond acceptors (Lipinski definition) is 3. The van der Waals surface area contributed by atoms with E-state index in [2.05, 4.69) is 5.32 Å². The van der Waals surface area contributed by atoms with E-state index in [1.54, 1.807) is 18.2 Å². The summed E-state index contributed by atoms with van der Waals surface area (Å²) in [5, 5.41) is 3.82. The number of benzene rings is 2. The Morgan fingerprint density at radius 2 is 1.82 bits per heavy atom. The predicted octanol–water partition coefficient (Wildman–Crippen LogP) is 4.72. The van der Waals surface area contributed by atoms with Crippen molar-refractivity contribution in [2.24, 2.45) is 0 Å². The molecule has 150 valence electrons. The second-order valence-electron chi connectivity index (χ2n) is 6.70. The molecule has 1 fully saturated rings. The molecule has 1 aliphatic rings. The SMILES string of the molecule is Cc1ccccc1COC(=O)NC1CCN(S(=O)c2cc(Cl)cc(Cl)c2)CC1. The van der Waals surface area contributed by atoms with E-state index in [9.17, 15) is 9.00 Å². The fraction of sp³-hybridized carbons (Fsp3) is 0.350. The maximum absolute atomic E-state index is 12.7. The van der Waals surface area contributed by atoms with E-state index in [4.69, 9.17) is 27.9 Å². The second-order valence-corrected chi connectivity index (χ2v) is 9.06. The molecule has 0 bridgehead atoms. The number of piperidine rings is 1. The van der Waals surface area contributed by atoms with Gasteiger partial charge in [-0.15, -0.1) is 0 Å². The van der Waals surface area contributed by atoms with Crippen molar-refractivity contribution in [1.29, 1.82) is 0 Å². The van der Waals surface area contributed by atoms with Crippen LogP contribution >= 0.6 is 23.2 Å². The van der Waals surface area contributed by atoms with Crippen molar-refractivity contribution in [1.82, 2.24) is 9.62 Å². The average Bonchev–Trinajstić information content (AvgIpc) is 2.66. The number of ether oxygens (including phenoxy) is 1. The molecule has 2 aromatic rings. The maximum Gasteiger partial charge on any atom is 0.407 e. The third kappa shape index (κ3) is 5.70. The number of amides is 1. The van der Waals surface area contributed by atoms with Gasteiger partial charge in [-0.3, -0.25) is 0 Å². The molecule has 0 aliphatic carbocycles. The highest BCUT2D eigenvalue weighted by molar-refractivity contribution is 7.82. The van der Waals surface area contributed by atoms with Gasteiger partial charge in [0.1, 0.15) is 17.6 Å². The standard InChI is InChI=1S/C20H22Cl2N2O3S/c1-14-4-2-3-5-15(14)13-27-20(25)23-18-6-8-24(9-7-18)28(26)19-11-16(21)10-17(22)12-19/h2-5,10-12,18H,6-9,13H2,1H3,(H,23,25). The minimum absolute atomic E-state index is 0.000527. The van der Waals surface area contributed by atoms with E-state index in [0.717, 1.165) is 11.1 Å². The Kier molecular flexibility index (Phi) is 7.35. The Bertz CT molecular complexity index is 850. The van der Waals surface area contributed by atoms with Crippen LogP contribution in [0.1, 0.15) is 24.0 Å². The van der Waals surface area contributed by atoms with Crippen LogP contribution in [0.15, 0.2) is 47.4 Å². The van der Waals surface area contributed by atoms with Crippen LogP contribution in [0.3, 0.4) is 0 Å². The summed E-state index contributed by atoms with van der Waals surface area (Å²) in [5.41, 5.74) is 2.08. The number of nitrogens with one attached hydrogen (secondary N) is 1. The number of alkyl carbamates (subject to hydrolysis) is 1. The van der Waals surface area contributed by atoms with Gasteiger partial charge in [-0.25, -0.2) is 13.3 Å². The van der Waals surface area contributed by atoms with Gasteiger partial charge in [-0.2, -0.15) is 0 Å². The number of aryl methyl sites for hydroxylation is 1. The Morgan fingerprint density at radius 1 is 1.18 bits per heavy atom. The van der Waals surface area contributed by atoms with Crippen molar-refractivity contribution in [3.8, 4) is 0 Å². The monoisotopic (exact) mass is 440 g/mol. The summed E-state index contributed by atoms with van der Waals surface area (Å²) in [4.78, 5) is 12.7. The molecule has 1 heterocycles. The van der Waals surface area contributed by atoms with Crippen LogP contribution in [0.5, 0.6) is 0 Å².